The molecule has 224 valence electrons. The molecule has 0 rings (SSSR count). The van der Waals surface area contributed by atoms with Gasteiger partial charge in [0.15, 0.2) is 5.78 Å². The third kappa shape index (κ3) is 15.0. The van der Waals surface area contributed by atoms with E-state index in [-0.39, 0.29) is 6.54 Å². The van der Waals surface area contributed by atoms with E-state index >= 15 is 0 Å². The zero-order chi connectivity index (χ0) is 31.0. The van der Waals surface area contributed by atoms with Gasteiger partial charge in [0.05, 0.1) is 44.9 Å². The summed E-state index contributed by atoms with van der Waals surface area (Å²) in [7, 11) is 1.51. The number of carboxylic acids is 3. The van der Waals surface area contributed by atoms with Crippen molar-refractivity contribution in [1.29, 1.82) is 0 Å². The molecule has 0 heterocycles. The molecule has 3 unspecified atom stereocenters. The zero-order valence-electron chi connectivity index (χ0n) is 22.1. The van der Waals surface area contributed by atoms with Crippen molar-refractivity contribution < 1.29 is 58.5 Å². The van der Waals surface area contributed by atoms with Gasteiger partial charge in [-0.2, -0.15) is 0 Å². The van der Waals surface area contributed by atoms with E-state index in [4.69, 9.17) is 15.3 Å². The molecule has 0 aliphatic heterocycles. The monoisotopic (exact) mass is 574 g/mol. The Morgan fingerprint density at radius 3 is 1.35 bits per heavy atom. The number of ketones is 1. The lowest BCUT2D eigenvalue weighted by molar-refractivity contribution is -0.144. The molecule has 0 radical (unpaired) electrons. The van der Waals surface area contributed by atoms with Crippen LogP contribution in [0, 0.1) is 5.92 Å². The quantitative estimate of drug-likeness (QED) is 0.0704. The minimum absolute atomic E-state index is 0.0606. The summed E-state index contributed by atoms with van der Waals surface area (Å²) in [5.41, 5.74) is 0. The maximum atomic E-state index is 12.7. The number of carboxylic acid groups (broad SMARTS) is 3. The first kappa shape index (κ1) is 35.4. The molecule has 0 aliphatic rings. The van der Waals surface area contributed by atoms with E-state index in [9.17, 15) is 43.2 Å². The Hall–Kier alpha value is -4.61. The topological polar surface area (TPSA) is 286 Å². The maximum absolute atomic E-state index is 12.7. The standard InChI is InChI=1S/C22H34N6O12/c1-10(2)20(38)11(4-17(32)33)27-22(40)13(6-19(36)37)28-21(39)12(5-18(34)35)26-16(31)9-25-15(30)8-24-14(29)7-23-3/h10-13,23H,4-9H2,1-3H3,(H,24,29)(H,25,30)(H,26,31)(H,27,40)(H,28,39)(H,32,33)(H,34,35)(H,36,37). The van der Waals surface area contributed by atoms with Gasteiger partial charge >= 0.3 is 17.9 Å². The number of aliphatic carboxylic acids is 3. The summed E-state index contributed by atoms with van der Waals surface area (Å²) in [5, 5.41) is 40.4. The first-order valence-electron chi connectivity index (χ1n) is 11.8. The molecule has 0 aliphatic carbocycles. The van der Waals surface area contributed by atoms with Crippen LogP contribution >= 0.6 is 0 Å². The smallest absolute Gasteiger partial charge is 0.305 e. The summed E-state index contributed by atoms with van der Waals surface area (Å²) in [6.45, 7) is 1.64. The summed E-state index contributed by atoms with van der Waals surface area (Å²) >= 11 is 0. The van der Waals surface area contributed by atoms with Crippen molar-refractivity contribution in [3.8, 4) is 0 Å². The van der Waals surface area contributed by atoms with Crippen LogP contribution < -0.4 is 31.9 Å². The van der Waals surface area contributed by atoms with Crippen molar-refractivity contribution in [2.24, 2.45) is 5.92 Å². The van der Waals surface area contributed by atoms with Crippen LogP contribution in [0.25, 0.3) is 0 Å². The third-order valence-electron chi connectivity index (χ3n) is 4.88. The van der Waals surface area contributed by atoms with Crippen LogP contribution in [0.1, 0.15) is 33.1 Å². The first-order chi connectivity index (χ1) is 18.6. The minimum atomic E-state index is -1.88. The van der Waals surface area contributed by atoms with Gasteiger partial charge < -0.3 is 47.2 Å². The van der Waals surface area contributed by atoms with Crippen molar-refractivity contribution in [2.45, 2.75) is 51.2 Å². The fourth-order valence-electron chi connectivity index (χ4n) is 3.00. The highest BCUT2D eigenvalue weighted by molar-refractivity contribution is 5.98. The van der Waals surface area contributed by atoms with E-state index in [1.54, 1.807) is 0 Å². The molecule has 9 N–H and O–H groups in total. The van der Waals surface area contributed by atoms with E-state index in [1.165, 1.54) is 20.9 Å². The van der Waals surface area contributed by atoms with Crippen molar-refractivity contribution in [3.05, 3.63) is 0 Å². The van der Waals surface area contributed by atoms with Crippen molar-refractivity contribution in [1.82, 2.24) is 31.9 Å². The van der Waals surface area contributed by atoms with Crippen LogP contribution in [0.2, 0.25) is 0 Å². The highest BCUT2D eigenvalue weighted by Gasteiger charge is 2.33. The lowest BCUT2D eigenvalue weighted by atomic mass is 9.98. The Bertz CT molecular complexity index is 999. The number of likely N-dealkylation sites (N-methyl/N-ethyl adjacent to an activating group) is 1. The Morgan fingerprint density at radius 1 is 0.550 bits per heavy atom. The summed E-state index contributed by atoms with van der Waals surface area (Å²) < 4.78 is 0. The first-order valence-corrected chi connectivity index (χ1v) is 11.8. The van der Waals surface area contributed by atoms with Crippen molar-refractivity contribution >= 4 is 53.2 Å². The highest BCUT2D eigenvalue weighted by atomic mass is 16.4. The lowest BCUT2D eigenvalue weighted by Crippen LogP contribution is -2.57. The highest BCUT2D eigenvalue weighted by Crippen LogP contribution is 2.06. The van der Waals surface area contributed by atoms with Gasteiger partial charge in [0, 0.05) is 5.92 Å². The van der Waals surface area contributed by atoms with E-state index < -0.39 is 110 Å². The largest absolute Gasteiger partial charge is 0.481 e. The van der Waals surface area contributed by atoms with E-state index in [2.05, 4.69) is 21.3 Å². The zero-order valence-corrected chi connectivity index (χ0v) is 22.1. The molecule has 0 fully saturated rings. The number of hydrogen-bond donors (Lipinski definition) is 9. The maximum Gasteiger partial charge on any atom is 0.305 e. The van der Waals surface area contributed by atoms with E-state index in [0.717, 1.165) is 0 Å². The second-order valence-corrected chi connectivity index (χ2v) is 8.68. The van der Waals surface area contributed by atoms with Gasteiger partial charge in [-0.15, -0.1) is 0 Å². The average Bonchev–Trinajstić information content (AvgIpc) is 2.83. The molecule has 0 saturated heterocycles. The summed E-state index contributed by atoms with van der Waals surface area (Å²) in [5.74, 6) is -10.7. The molecule has 0 aromatic heterocycles. The van der Waals surface area contributed by atoms with Crippen LogP contribution in [0.4, 0.5) is 0 Å². The SMILES string of the molecule is CNCC(=O)NCC(=O)NCC(=O)NC(CC(=O)O)C(=O)NC(CC(=O)O)C(=O)NC(CC(=O)O)C(=O)C(C)C. The molecular formula is C22H34N6O12. The van der Waals surface area contributed by atoms with Crippen molar-refractivity contribution in [3.63, 3.8) is 0 Å². The molecule has 0 aromatic carbocycles. The molecular weight excluding hydrogens is 540 g/mol. The van der Waals surface area contributed by atoms with Gasteiger partial charge in [0.25, 0.3) is 0 Å². The average molecular weight is 575 g/mol. The Labute approximate surface area is 228 Å². The normalized spacial score (nSPS) is 12.7. The third-order valence-corrected chi connectivity index (χ3v) is 4.88. The predicted octanol–water partition coefficient (Wildman–Crippen LogP) is -4.46. The minimum Gasteiger partial charge on any atom is -0.481 e. The summed E-state index contributed by atoms with van der Waals surface area (Å²) in [6, 6.07) is -5.25. The second kappa shape index (κ2) is 17.8. The Balaban J connectivity index is 5.45. The number of carbonyl (C=O) groups is 9. The van der Waals surface area contributed by atoms with Gasteiger partial charge in [-0.3, -0.25) is 43.2 Å². The van der Waals surface area contributed by atoms with Crippen LogP contribution in [0.5, 0.6) is 0 Å². The summed E-state index contributed by atoms with van der Waals surface area (Å²) in [4.78, 5) is 107. The predicted molar refractivity (Wildman–Crippen MR) is 132 cm³/mol. The van der Waals surface area contributed by atoms with Gasteiger partial charge in [0.2, 0.25) is 29.5 Å². The molecule has 18 nitrogen and oxygen atoms in total. The molecule has 0 bridgehead atoms. The number of amides is 5. The molecule has 0 spiro atoms. The fourth-order valence-corrected chi connectivity index (χ4v) is 3.00. The van der Waals surface area contributed by atoms with Gasteiger partial charge in [-0.25, -0.2) is 0 Å². The number of hydrogen-bond acceptors (Lipinski definition) is 10. The number of nitrogens with one attached hydrogen (secondary N) is 6. The number of rotatable bonds is 19. The molecule has 3 atom stereocenters. The lowest BCUT2D eigenvalue weighted by Gasteiger charge is -2.24. The Morgan fingerprint density at radius 2 is 0.925 bits per heavy atom. The molecule has 5 amide bonds. The van der Waals surface area contributed by atoms with E-state index in [0.29, 0.717) is 0 Å². The van der Waals surface area contributed by atoms with Crippen LogP contribution in [-0.2, 0) is 43.2 Å². The molecule has 40 heavy (non-hydrogen) atoms. The molecule has 0 aromatic rings. The fraction of sp³-hybridized carbons (Fsp3) is 0.591. The van der Waals surface area contributed by atoms with Gasteiger partial charge in [-0.05, 0) is 7.05 Å². The number of carbonyl (C=O) groups excluding carboxylic acids is 6. The van der Waals surface area contributed by atoms with Crippen LogP contribution in [0.15, 0.2) is 0 Å². The summed E-state index contributed by atoms with van der Waals surface area (Å²) in [6.07, 6.45) is -2.85. The number of Topliss-reactive ketones (excluding diaryl/α,β-unsaturated/α-hetero) is 1. The van der Waals surface area contributed by atoms with Gasteiger partial charge in [0.1, 0.15) is 12.1 Å². The molecule has 18 heteroatoms. The van der Waals surface area contributed by atoms with Gasteiger partial charge in [-0.1, -0.05) is 13.8 Å². The van der Waals surface area contributed by atoms with Crippen LogP contribution in [-0.4, -0.2) is 113 Å². The molecule has 0 saturated carbocycles. The second-order valence-electron chi connectivity index (χ2n) is 8.68. The van der Waals surface area contributed by atoms with Crippen molar-refractivity contribution in [2.75, 3.05) is 26.7 Å². The van der Waals surface area contributed by atoms with E-state index in [1.807, 2.05) is 10.6 Å². The van der Waals surface area contributed by atoms with Crippen LogP contribution in [0.3, 0.4) is 0 Å². The Kier molecular flexibility index (Phi) is 15.8.